The molecule has 0 spiro atoms. The van der Waals surface area contributed by atoms with Crippen LogP contribution in [-0.2, 0) is 16.0 Å². The number of rotatable bonds is 6. The molecular formula is C19H19ClN4O4S. The molecule has 2 aromatic carbocycles. The summed E-state index contributed by atoms with van der Waals surface area (Å²) in [5.41, 5.74) is 7.24. The van der Waals surface area contributed by atoms with E-state index in [1.54, 1.807) is 30.3 Å². The summed E-state index contributed by atoms with van der Waals surface area (Å²) < 4.78 is 10.5. The van der Waals surface area contributed by atoms with Crippen molar-refractivity contribution >= 4 is 40.9 Å². The van der Waals surface area contributed by atoms with Crippen LogP contribution in [0.25, 0.3) is 0 Å². The first-order valence-corrected chi connectivity index (χ1v) is 10.4. The fraction of sp³-hybridized carbons (Fsp3) is 0.263. The normalized spacial score (nSPS) is 20.2. The molecular weight excluding hydrogens is 416 g/mol. The zero-order valence-electron chi connectivity index (χ0n) is 15.2. The van der Waals surface area contributed by atoms with Gasteiger partial charge >= 0.3 is 0 Å². The standard InChI is InChI=1S/C19H19ClN4O4S/c20-12-3-1-11(2-4-12)7-14-18(26)22-19(24-23-14)29-9-17(25)21-13-5-6-15-16(8-13)28-10-27-15/h1-6,8,14,19,23-24H,7,9-10H2,(H,21,25)(H,22,26). The molecule has 152 valence electrons. The number of anilines is 1. The fourth-order valence-corrected chi connectivity index (χ4v) is 3.79. The van der Waals surface area contributed by atoms with Gasteiger partial charge in [-0.2, -0.15) is 0 Å². The van der Waals surface area contributed by atoms with Gasteiger partial charge in [0.25, 0.3) is 0 Å². The first-order chi connectivity index (χ1) is 14.1. The highest BCUT2D eigenvalue weighted by atomic mass is 35.5. The van der Waals surface area contributed by atoms with Crippen LogP contribution in [0, 0.1) is 0 Å². The largest absolute Gasteiger partial charge is 0.454 e. The number of hydrazine groups is 1. The van der Waals surface area contributed by atoms with Gasteiger partial charge in [0.2, 0.25) is 18.6 Å². The first kappa shape index (κ1) is 19.8. The van der Waals surface area contributed by atoms with Crippen molar-refractivity contribution in [3.05, 3.63) is 53.1 Å². The molecule has 0 aliphatic carbocycles. The zero-order chi connectivity index (χ0) is 20.2. The molecule has 4 rings (SSSR count). The van der Waals surface area contributed by atoms with Gasteiger partial charge in [-0.15, -0.1) is 11.8 Å². The summed E-state index contributed by atoms with van der Waals surface area (Å²) in [6, 6.07) is 12.2. The Morgan fingerprint density at radius 2 is 1.93 bits per heavy atom. The summed E-state index contributed by atoms with van der Waals surface area (Å²) in [6.07, 6.45) is 0.526. The van der Waals surface area contributed by atoms with Gasteiger partial charge in [0.05, 0.1) is 5.75 Å². The van der Waals surface area contributed by atoms with E-state index in [9.17, 15) is 9.59 Å². The van der Waals surface area contributed by atoms with Crippen molar-refractivity contribution in [3.8, 4) is 11.5 Å². The van der Waals surface area contributed by atoms with Crippen LogP contribution in [0.5, 0.6) is 11.5 Å². The Bertz CT molecular complexity index is 912. The average molecular weight is 435 g/mol. The summed E-state index contributed by atoms with van der Waals surface area (Å²) in [5, 5.41) is 6.32. The summed E-state index contributed by atoms with van der Waals surface area (Å²) in [5.74, 6) is 1.11. The van der Waals surface area contributed by atoms with Gasteiger partial charge in [0.15, 0.2) is 11.5 Å². The minimum Gasteiger partial charge on any atom is -0.454 e. The number of carbonyl (C=O) groups is 2. The molecule has 2 aliphatic rings. The van der Waals surface area contributed by atoms with E-state index in [0.717, 1.165) is 5.56 Å². The minimum absolute atomic E-state index is 0.132. The molecule has 10 heteroatoms. The molecule has 0 radical (unpaired) electrons. The van der Waals surface area contributed by atoms with E-state index in [0.29, 0.717) is 28.6 Å². The second-order valence-corrected chi connectivity index (χ2v) is 8.02. The SMILES string of the molecule is O=C(CSC1NNC(Cc2ccc(Cl)cc2)C(=O)N1)Nc1ccc2c(c1)OCO2. The monoisotopic (exact) mass is 434 g/mol. The van der Waals surface area contributed by atoms with E-state index in [-0.39, 0.29) is 24.4 Å². The number of thioether (sulfide) groups is 1. The summed E-state index contributed by atoms with van der Waals surface area (Å²) in [6.45, 7) is 0.182. The lowest BCUT2D eigenvalue weighted by molar-refractivity contribution is -0.125. The quantitative estimate of drug-likeness (QED) is 0.550. The van der Waals surface area contributed by atoms with Crippen LogP contribution in [0.3, 0.4) is 0 Å². The van der Waals surface area contributed by atoms with Crippen LogP contribution in [-0.4, -0.2) is 35.9 Å². The van der Waals surface area contributed by atoms with E-state index >= 15 is 0 Å². The van der Waals surface area contributed by atoms with Crippen molar-refractivity contribution in [2.24, 2.45) is 0 Å². The summed E-state index contributed by atoms with van der Waals surface area (Å²) in [4.78, 5) is 24.5. The molecule has 2 unspecified atom stereocenters. The van der Waals surface area contributed by atoms with Crippen molar-refractivity contribution in [2.45, 2.75) is 18.0 Å². The van der Waals surface area contributed by atoms with E-state index in [1.807, 2.05) is 12.1 Å². The molecule has 2 amide bonds. The maximum atomic E-state index is 12.3. The molecule has 1 fully saturated rings. The number of hydrogen-bond donors (Lipinski definition) is 4. The number of nitrogens with one attached hydrogen (secondary N) is 4. The van der Waals surface area contributed by atoms with Gasteiger partial charge in [-0.05, 0) is 36.2 Å². The van der Waals surface area contributed by atoms with Crippen molar-refractivity contribution in [1.29, 1.82) is 0 Å². The van der Waals surface area contributed by atoms with Crippen molar-refractivity contribution in [3.63, 3.8) is 0 Å². The predicted molar refractivity (Wildman–Crippen MR) is 111 cm³/mol. The van der Waals surface area contributed by atoms with Crippen molar-refractivity contribution < 1.29 is 19.1 Å². The second kappa shape index (κ2) is 8.91. The van der Waals surface area contributed by atoms with Crippen molar-refractivity contribution in [1.82, 2.24) is 16.2 Å². The fourth-order valence-electron chi connectivity index (χ4n) is 2.92. The number of benzene rings is 2. The molecule has 29 heavy (non-hydrogen) atoms. The molecule has 4 N–H and O–H groups in total. The Kier molecular flexibility index (Phi) is 6.10. The lowest BCUT2D eigenvalue weighted by Crippen LogP contribution is -2.64. The van der Waals surface area contributed by atoms with Gasteiger partial charge < -0.3 is 20.1 Å². The highest BCUT2D eigenvalue weighted by molar-refractivity contribution is 8.00. The number of hydrogen-bond acceptors (Lipinski definition) is 7. The average Bonchev–Trinajstić information content (AvgIpc) is 3.18. The topological polar surface area (TPSA) is 101 Å². The van der Waals surface area contributed by atoms with Gasteiger partial charge in [0.1, 0.15) is 11.5 Å². The smallest absolute Gasteiger partial charge is 0.240 e. The third kappa shape index (κ3) is 5.13. The Labute approximate surface area is 176 Å². The van der Waals surface area contributed by atoms with E-state index in [4.69, 9.17) is 21.1 Å². The predicted octanol–water partition coefficient (Wildman–Crippen LogP) is 1.86. The highest BCUT2D eigenvalue weighted by Crippen LogP contribution is 2.34. The van der Waals surface area contributed by atoms with E-state index in [1.165, 1.54) is 11.8 Å². The lowest BCUT2D eigenvalue weighted by Gasteiger charge is -2.31. The molecule has 2 aromatic rings. The number of halogens is 1. The highest BCUT2D eigenvalue weighted by Gasteiger charge is 2.27. The van der Waals surface area contributed by atoms with Gasteiger partial charge in [-0.3, -0.25) is 9.59 Å². The Balaban J connectivity index is 1.22. The zero-order valence-corrected chi connectivity index (χ0v) is 16.8. The molecule has 0 aromatic heterocycles. The number of fused-ring (bicyclic) bond motifs is 1. The van der Waals surface area contributed by atoms with Gasteiger partial charge in [0, 0.05) is 16.8 Å². The van der Waals surface area contributed by atoms with Crippen molar-refractivity contribution in [2.75, 3.05) is 17.9 Å². The van der Waals surface area contributed by atoms with Gasteiger partial charge in [-0.1, -0.05) is 23.7 Å². The maximum Gasteiger partial charge on any atom is 0.240 e. The first-order valence-electron chi connectivity index (χ1n) is 8.94. The van der Waals surface area contributed by atoms with E-state index < -0.39 is 11.5 Å². The van der Waals surface area contributed by atoms with Gasteiger partial charge in [-0.25, -0.2) is 10.9 Å². The molecule has 1 saturated heterocycles. The Morgan fingerprint density at radius 3 is 2.72 bits per heavy atom. The molecule has 0 bridgehead atoms. The molecule has 2 heterocycles. The summed E-state index contributed by atoms with van der Waals surface area (Å²) >= 11 is 7.16. The van der Waals surface area contributed by atoms with Crippen LogP contribution < -0.4 is 31.0 Å². The molecule has 2 atom stereocenters. The molecule has 2 aliphatic heterocycles. The van der Waals surface area contributed by atoms with Crippen LogP contribution in [0.1, 0.15) is 5.56 Å². The number of amides is 2. The van der Waals surface area contributed by atoms with Crippen LogP contribution >= 0.6 is 23.4 Å². The molecule has 8 nitrogen and oxygen atoms in total. The van der Waals surface area contributed by atoms with E-state index in [2.05, 4.69) is 21.5 Å². The van der Waals surface area contributed by atoms with Crippen LogP contribution in [0.4, 0.5) is 5.69 Å². The van der Waals surface area contributed by atoms with Crippen LogP contribution in [0.2, 0.25) is 5.02 Å². The number of ether oxygens (including phenoxy) is 2. The summed E-state index contributed by atoms with van der Waals surface area (Å²) in [7, 11) is 0. The van der Waals surface area contributed by atoms with Crippen LogP contribution in [0.15, 0.2) is 42.5 Å². The lowest BCUT2D eigenvalue weighted by atomic mass is 10.1. The Hall–Kier alpha value is -2.46. The Morgan fingerprint density at radius 1 is 1.14 bits per heavy atom. The molecule has 0 saturated carbocycles. The third-order valence-electron chi connectivity index (χ3n) is 4.37. The number of carbonyl (C=O) groups excluding carboxylic acids is 2. The minimum atomic E-state index is -0.411. The second-order valence-electron chi connectivity index (χ2n) is 6.49. The third-order valence-corrected chi connectivity index (χ3v) is 5.62. The maximum absolute atomic E-state index is 12.3.